The van der Waals surface area contributed by atoms with Crippen LogP contribution in [0.15, 0.2) is 36.9 Å². The van der Waals surface area contributed by atoms with Gasteiger partial charge in [-0.05, 0) is 12.1 Å². The van der Waals surface area contributed by atoms with Gasteiger partial charge in [-0.1, -0.05) is 18.2 Å². The zero-order valence-corrected chi connectivity index (χ0v) is 9.00. The summed E-state index contributed by atoms with van der Waals surface area (Å²) in [6.45, 7) is 4.75. The van der Waals surface area contributed by atoms with Gasteiger partial charge in [0.1, 0.15) is 5.82 Å². The normalized spacial score (nSPS) is 9.81. The van der Waals surface area contributed by atoms with Crippen LogP contribution in [0.3, 0.4) is 0 Å². The van der Waals surface area contributed by atoms with Crippen LogP contribution in [0.4, 0.5) is 10.1 Å². The smallest absolute Gasteiger partial charge is 0.225 e. The van der Waals surface area contributed by atoms with Gasteiger partial charge in [0, 0.05) is 19.5 Å². The molecule has 1 amide bonds. The van der Waals surface area contributed by atoms with Crippen LogP contribution in [0.25, 0.3) is 0 Å². The molecule has 2 N–H and O–H groups in total. The van der Waals surface area contributed by atoms with Crippen LogP contribution >= 0.6 is 0 Å². The maximum Gasteiger partial charge on any atom is 0.225 e. The fourth-order valence-corrected chi connectivity index (χ4v) is 1.18. The van der Waals surface area contributed by atoms with Gasteiger partial charge in [0.2, 0.25) is 5.91 Å². The molecule has 4 heteroatoms. The van der Waals surface area contributed by atoms with Crippen molar-refractivity contribution in [2.24, 2.45) is 0 Å². The van der Waals surface area contributed by atoms with Crippen molar-refractivity contribution in [1.29, 1.82) is 0 Å². The summed E-state index contributed by atoms with van der Waals surface area (Å²) in [6.07, 6.45) is 2.02. The number of benzene rings is 1. The van der Waals surface area contributed by atoms with Crippen LogP contribution in [-0.2, 0) is 4.79 Å². The average molecular weight is 222 g/mol. The van der Waals surface area contributed by atoms with Crippen LogP contribution in [0.1, 0.15) is 6.42 Å². The first-order valence-electron chi connectivity index (χ1n) is 5.10. The van der Waals surface area contributed by atoms with Gasteiger partial charge in [0.25, 0.3) is 0 Å². The number of hydrogen-bond donors (Lipinski definition) is 2. The van der Waals surface area contributed by atoms with Gasteiger partial charge in [0.15, 0.2) is 0 Å². The second-order valence-corrected chi connectivity index (χ2v) is 3.27. The minimum absolute atomic E-state index is 0.207. The minimum Gasteiger partial charge on any atom is -0.324 e. The summed E-state index contributed by atoms with van der Waals surface area (Å²) in [6, 6.07) is 6.10. The zero-order valence-electron chi connectivity index (χ0n) is 9.00. The second-order valence-electron chi connectivity index (χ2n) is 3.27. The Morgan fingerprint density at radius 1 is 1.44 bits per heavy atom. The van der Waals surface area contributed by atoms with E-state index in [1.165, 1.54) is 12.1 Å². The van der Waals surface area contributed by atoms with Gasteiger partial charge >= 0.3 is 0 Å². The highest BCUT2D eigenvalue weighted by molar-refractivity contribution is 5.90. The van der Waals surface area contributed by atoms with E-state index in [2.05, 4.69) is 17.2 Å². The molecular weight excluding hydrogens is 207 g/mol. The fraction of sp³-hybridized carbons (Fsp3) is 0.250. The Morgan fingerprint density at radius 3 is 2.88 bits per heavy atom. The predicted molar refractivity (Wildman–Crippen MR) is 62.7 cm³/mol. The van der Waals surface area contributed by atoms with Gasteiger partial charge in [-0.15, -0.1) is 6.58 Å². The number of nitrogens with one attached hydrogen (secondary N) is 2. The highest BCUT2D eigenvalue weighted by Gasteiger charge is 2.04. The van der Waals surface area contributed by atoms with Crippen molar-refractivity contribution in [2.75, 3.05) is 18.4 Å². The number of para-hydroxylation sites is 1. The number of amides is 1. The molecule has 3 nitrogen and oxygen atoms in total. The highest BCUT2D eigenvalue weighted by Crippen LogP contribution is 2.12. The Morgan fingerprint density at radius 2 is 2.19 bits per heavy atom. The third kappa shape index (κ3) is 4.23. The first-order valence-corrected chi connectivity index (χ1v) is 5.10. The van der Waals surface area contributed by atoms with E-state index in [1.54, 1.807) is 18.2 Å². The molecule has 0 spiro atoms. The molecule has 0 aromatic heterocycles. The van der Waals surface area contributed by atoms with Gasteiger partial charge < -0.3 is 10.6 Å². The third-order valence-electron chi connectivity index (χ3n) is 1.97. The molecule has 1 aromatic rings. The van der Waals surface area contributed by atoms with E-state index >= 15 is 0 Å². The quantitative estimate of drug-likeness (QED) is 0.570. The molecule has 0 radical (unpaired) electrons. The number of anilines is 1. The predicted octanol–water partition coefficient (Wildman–Crippen LogP) is 1.93. The summed E-state index contributed by atoms with van der Waals surface area (Å²) in [7, 11) is 0. The molecule has 0 aliphatic rings. The fourth-order valence-electron chi connectivity index (χ4n) is 1.18. The largest absolute Gasteiger partial charge is 0.324 e. The van der Waals surface area contributed by atoms with Crippen molar-refractivity contribution in [2.45, 2.75) is 6.42 Å². The lowest BCUT2D eigenvalue weighted by Crippen LogP contribution is -2.22. The number of rotatable bonds is 6. The molecule has 0 unspecified atom stereocenters. The van der Waals surface area contributed by atoms with Gasteiger partial charge in [-0.3, -0.25) is 4.79 Å². The lowest BCUT2D eigenvalue weighted by atomic mass is 10.3. The summed E-state index contributed by atoms with van der Waals surface area (Å²) in [5.74, 6) is -0.628. The van der Waals surface area contributed by atoms with Gasteiger partial charge in [-0.25, -0.2) is 4.39 Å². The molecule has 1 rings (SSSR count). The molecule has 0 saturated carbocycles. The molecule has 0 atom stereocenters. The second kappa shape index (κ2) is 6.74. The van der Waals surface area contributed by atoms with Crippen LogP contribution in [0.2, 0.25) is 0 Å². The van der Waals surface area contributed by atoms with E-state index in [1.807, 2.05) is 0 Å². The van der Waals surface area contributed by atoms with Gasteiger partial charge in [-0.2, -0.15) is 0 Å². The maximum atomic E-state index is 13.1. The van der Waals surface area contributed by atoms with Crippen molar-refractivity contribution >= 4 is 11.6 Å². The van der Waals surface area contributed by atoms with E-state index in [4.69, 9.17) is 0 Å². The molecule has 86 valence electrons. The molecule has 0 heterocycles. The van der Waals surface area contributed by atoms with E-state index in [9.17, 15) is 9.18 Å². The molecular formula is C12H15FN2O. The Hall–Kier alpha value is -1.68. The maximum absolute atomic E-state index is 13.1. The average Bonchev–Trinajstić information content (AvgIpc) is 2.28. The molecule has 0 bridgehead atoms. The van der Waals surface area contributed by atoms with E-state index in [-0.39, 0.29) is 11.6 Å². The molecule has 0 aliphatic heterocycles. The molecule has 0 aliphatic carbocycles. The van der Waals surface area contributed by atoms with Crippen LogP contribution in [0.5, 0.6) is 0 Å². The number of carbonyl (C=O) groups is 1. The summed E-state index contributed by atoms with van der Waals surface area (Å²) in [5, 5.41) is 5.50. The standard InChI is InChI=1S/C12H15FN2O/c1-2-8-14-9-7-12(16)15-11-6-4-3-5-10(11)13/h2-6,14H,1,7-9H2,(H,15,16). The number of carbonyl (C=O) groups excluding carboxylic acids is 1. The van der Waals surface area contributed by atoms with Crippen molar-refractivity contribution in [1.82, 2.24) is 5.32 Å². The van der Waals surface area contributed by atoms with Crippen molar-refractivity contribution in [3.05, 3.63) is 42.7 Å². The minimum atomic E-state index is -0.421. The molecule has 0 fully saturated rings. The molecule has 16 heavy (non-hydrogen) atoms. The van der Waals surface area contributed by atoms with Crippen molar-refractivity contribution < 1.29 is 9.18 Å². The molecule has 1 aromatic carbocycles. The number of halogens is 1. The highest BCUT2D eigenvalue weighted by atomic mass is 19.1. The number of hydrogen-bond acceptors (Lipinski definition) is 2. The Labute approximate surface area is 94.4 Å². The summed E-state index contributed by atoms with van der Waals surface area (Å²) < 4.78 is 13.1. The summed E-state index contributed by atoms with van der Waals surface area (Å²) in [5.41, 5.74) is 0.219. The first-order chi connectivity index (χ1) is 7.74. The third-order valence-corrected chi connectivity index (χ3v) is 1.97. The monoisotopic (exact) mass is 222 g/mol. The summed E-state index contributed by atoms with van der Waals surface area (Å²) >= 11 is 0. The topological polar surface area (TPSA) is 41.1 Å². The van der Waals surface area contributed by atoms with Crippen LogP contribution in [-0.4, -0.2) is 19.0 Å². The van der Waals surface area contributed by atoms with Crippen molar-refractivity contribution in [3.63, 3.8) is 0 Å². The zero-order chi connectivity index (χ0) is 11.8. The van der Waals surface area contributed by atoms with Crippen LogP contribution < -0.4 is 10.6 Å². The molecule has 0 saturated heterocycles. The Bertz CT molecular complexity index is 366. The SMILES string of the molecule is C=CCNCCC(=O)Nc1ccccc1F. The van der Waals surface area contributed by atoms with Crippen molar-refractivity contribution in [3.8, 4) is 0 Å². The Balaban J connectivity index is 2.34. The van der Waals surface area contributed by atoms with Crippen LogP contribution in [0, 0.1) is 5.82 Å². The first kappa shape index (κ1) is 12.4. The Kier molecular flexibility index (Phi) is 5.22. The van der Waals surface area contributed by atoms with E-state index < -0.39 is 5.82 Å². The lowest BCUT2D eigenvalue weighted by Gasteiger charge is -2.06. The van der Waals surface area contributed by atoms with Gasteiger partial charge in [0.05, 0.1) is 5.69 Å². The summed E-state index contributed by atoms with van der Waals surface area (Å²) in [4.78, 5) is 11.4. The van der Waals surface area contributed by atoms with E-state index in [0.717, 1.165) is 0 Å². The van der Waals surface area contributed by atoms with E-state index in [0.29, 0.717) is 19.5 Å². The lowest BCUT2D eigenvalue weighted by molar-refractivity contribution is -0.116.